The highest BCUT2D eigenvalue weighted by atomic mass is 35.5. The van der Waals surface area contributed by atoms with E-state index < -0.39 is 0 Å². The molecular weight excluding hydrogens is 412 g/mol. The van der Waals surface area contributed by atoms with Gasteiger partial charge in [-0.2, -0.15) is 5.10 Å². The molecule has 2 aliphatic heterocycles. The normalized spacial score (nSPS) is 19.4. The van der Waals surface area contributed by atoms with E-state index in [1.54, 1.807) is 12.1 Å². The van der Waals surface area contributed by atoms with Gasteiger partial charge in [-0.3, -0.25) is 9.48 Å². The Morgan fingerprint density at radius 2 is 1.97 bits per heavy atom. The van der Waals surface area contributed by atoms with Crippen molar-refractivity contribution < 1.29 is 9.53 Å². The second kappa shape index (κ2) is 10.5. The highest BCUT2D eigenvalue weighted by molar-refractivity contribution is 6.30. The van der Waals surface area contributed by atoms with Crippen LogP contribution in [0.15, 0.2) is 36.7 Å². The molecule has 0 saturated carbocycles. The number of carbonyl (C=O) groups is 1. The molecule has 1 atom stereocenters. The van der Waals surface area contributed by atoms with Crippen LogP contribution in [0.3, 0.4) is 0 Å². The quantitative estimate of drug-likeness (QED) is 0.631. The molecule has 31 heavy (non-hydrogen) atoms. The highest BCUT2D eigenvalue weighted by Gasteiger charge is 2.27. The van der Waals surface area contributed by atoms with Gasteiger partial charge < -0.3 is 14.5 Å². The SMILES string of the molecule is C[C@H](CCn1cccn1)N1CCC(Oc2cc(Cl)ccc2C(=O)N2CCCCC2)CC1. The average Bonchev–Trinajstić information content (AvgIpc) is 3.32. The van der Waals surface area contributed by atoms with E-state index in [0.717, 1.165) is 64.8 Å². The van der Waals surface area contributed by atoms with Gasteiger partial charge in [0, 0.05) is 56.2 Å². The Morgan fingerprint density at radius 3 is 2.68 bits per heavy atom. The molecule has 6 nitrogen and oxygen atoms in total. The van der Waals surface area contributed by atoms with Gasteiger partial charge >= 0.3 is 0 Å². The number of hydrogen-bond donors (Lipinski definition) is 0. The van der Waals surface area contributed by atoms with Crippen molar-refractivity contribution in [1.82, 2.24) is 19.6 Å². The molecule has 0 bridgehead atoms. The number of ether oxygens (including phenoxy) is 1. The molecule has 1 amide bonds. The standard InChI is InChI=1S/C24H33ClN4O2/c1-19(8-17-29-14-5-11-26-29)27-15-9-21(10-16-27)31-23-18-20(25)6-7-22(23)24(30)28-12-3-2-4-13-28/h5-7,11,14,18-19,21H,2-4,8-10,12-13,15-17H2,1H3/t19-/m1/s1. The summed E-state index contributed by atoms with van der Waals surface area (Å²) in [6.45, 7) is 6.89. The number of amides is 1. The van der Waals surface area contributed by atoms with Gasteiger partial charge in [0.1, 0.15) is 11.9 Å². The van der Waals surface area contributed by atoms with E-state index in [0.29, 0.717) is 22.4 Å². The minimum Gasteiger partial charge on any atom is -0.489 e. The van der Waals surface area contributed by atoms with Crippen LogP contribution in [0.4, 0.5) is 0 Å². The summed E-state index contributed by atoms with van der Waals surface area (Å²) < 4.78 is 8.35. The first kappa shape index (κ1) is 22.2. The number of nitrogens with zero attached hydrogens (tertiary/aromatic N) is 4. The van der Waals surface area contributed by atoms with Crippen molar-refractivity contribution in [2.24, 2.45) is 0 Å². The number of rotatable bonds is 7. The van der Waals surface area contributed by atoms with E-state index in [2.05, 4.69) is 16.9 Å². The molecule has 0 unspecified atom stereocenters. The number of aryl methyl sites for hydroxylation is 1. The van der Waals surface area contributed by atoms with Crippen molar-refractivity contribution in [3.05, 3.63) is 47.2 Å². The van der Waals surface area contributed by atoms with E-state index in [-0.39, 0.29) is 12.0 Å². The van der Waals surface area contributed by atoms with Crippen molar-refractivity contribution in [3.8, 4) is 5.75 Å². The lowest BCUT2D eigenvalue weighted by atomic mass is 10.0. The van der Waals surface area contributed by atoms with Gasteiger partial charge in [0.05, 0.1) is 5.56 Å². The van der Waals surface area contributed by atoms with Crippen LogP contribution in [0.2, 0.25) is 5.02 Å². The molecule has 7 heteroatoms. The highest BCUT2D eigenvalue weighted by Crippen LogP contribution is 2.29. The number of hydrogen-bond acceptors (Lipinski definition) is 4. The fourth-order valence-corrected chi connectivity index (χ4v) is 4.75. The maximum absolute atomic E-state index is 13.1. The molecule has 2 aliphatic rings. The Balaban J connectivity index is 1.32. The van der Waals surface area contributed by atoms with E-state index in [9.17, 15) is 4.79 Å². The first-order chi connectivity index (χ1) is 15.1. The average molecular weight is 445 g/mol. The summed E-state index contributed by atoms with van der Waals surface area (Å²) in [5.41, 5.74) is 0.640. The predicted molar refractivity (Wildman–Crippen MR) is 123 cm³/mol. The third-order valence-corrected chi connectivity index (χ3v) is 6.78. The Kier molecular flexibility index (Phi) is 7.51. The lowest BCUT2D eigenvalue weighted by Crippen LogP contribution is -2.43. The molecule has 2 aromatic rings. The molecule has 1 aromatic heterocycles. The molecule has 0 aliphatic carbocycles. The Labute approximate surface area is 190 Å². The molecule has 3 heterocycles. The van der Waals surface area contributed by atoms with Gasteiger partial charge in [-0.15, -0.1) is 0 Å². The third kappa shape index (κ3) is 5.80. The zero-order chi connectivity index (χ0) is 21.6. The van der Waals surface area contributed by atoms with Crippen molar-refractivity contribution in [2.75, 3.05) is 26.2 Å². The summed E-state index contributed by atoms with van der Waals surface area (Å²) in [4.78, 5) is 17.5. The minimum atomic E-state index is 0.0658. The van der Waals surface area contributed by atoms with Crippen LogP contribution < -0.4 is 4.74 Å². The van der Waals surface area contributed by atoms with Crippen LogP contribution in [-0.4, -0.2) is 63.8 Å². The molecule has 2 saturated heterocycles. The minimum absolute atomic E-state index is 0.0658. The predicted octanol–water partition coefficient (Wildman–Crippen LogP) is 4.48. The number of likely N-dealkylation sites (tertiary alicyclic amines) is 2. The summed E-state index contributed by atoms with van der Waals surface area (Å²) >= 11 is 6.25. The zero-order valence-electron chi connectivity index (χ0n) is 18.4. The second-order valence-electron chi connectivity index (χ2n) is 8.75. The van der Waals surface area contributed by atoms with Gasteiger partial charge in [-0.05, 0) is 69.7 Å². The van der Waals surface area contributed by atoms with E-state index in [4.69, 9.17) is 16.3 Å². The molecule has 2 fully saturated rings. The van der Waals surface area contributed by atoms with Gasteiger partial charge in [-0.1, -0.05) is 11.6 Å². The fraction of sp³-hybridized carbons (Fsp3) is 0.583. The first-order valence-corrected chi connectivity index (χ1v) is 11.9. The van der Waals surface area contributed by atoms with Crippen molar-refractivity contribution in [3.63, 3.8) is 0 Å². The summed E-state index contributed by atoms with van der Waals surface area (Å²) in [5, 5.41) is 4.90. The Hall–Kier alpha value is -2.05. The third-order valence-electron chi connectivity index (χ3n) is 6.55. The first-order valence-electron chi connectivity index (χ1n) is 11.6. The maximum Gasteiger partial charge on any atom is 0.257 e. The monoisotopic (exact) mass is 444 g/mol. The molecule has 1 aromatic carbocycles. The van der Waals surface area contributed by atoms with E-state index in [1.165, 1.54) is 6.42 Å². The Bertz CT molecular complexity index is 843. The number of carbonyl (C=O) groups excluding carboxylic acids is 1. The van der Waals surface area contributed by atoms with Crippen LogP contribution in [0.5, 0.6) is 5.75 Å². The Morgan fingerprint density at radius 1 is 1.19 bits per heavy atom. The van der Waals surface area contributed by atoms with Gasteiger partial charge in [-0.25, -0.2) is 0 Å². The number of aromatic nitrogens is 2. The lowest BCUT2D eigenvalue weighted by Gasteiger charge is -2.36. The van der Waals surface area contributed by atoms with Crippen LogP contribution in [0.1, 0.15) is 55.8 Å². The van der Waals surface area contributed by atoms with E-state index >= 15 is 0 Å². The lowest BCUT2D eigenvalue weighted by molar-refractivity contribution is 0.0673. The molecule has 168 valence electrons. The molecular formula is C24H33ClN4O2. The van der Waals surface area contributed by atoms with Gasteiger partial charge in [0.2, 0.25) is 0 Å². The smallest absolute Gasteiger partial charge is 0.257 e. The molecule has 4 rings (SSSR count). The van der Waals surface area contributed by atoms with Crippen molar-refractivity contribution in [1.29, 1.82) is 0 Å². The number of benzene rings is 1. The van der Waals surface area contributed by atoms with E-state index in [1.807, 2.05) is 34.1 Å². The van der Waals surface area contributed by atoms with Crippen LogP contribution in [0.25, 0.3) is 0 Å². The second-order valence-corrected chi connectivity index (χ2v) is 9.19. The van der Waals surface area contributed by atoms with Crippen LogP contribution >= 0.6 is 11.6 Å². The fourth-order valence-electron chi connectivity index (χ4n) is 4.59. The summed E-state index contributed by atoms with van der Waals surface area (Å²) in [5.74, 6) is 0.698. The topological polar surface area (TPSA) is 50.6 Å². The van der Waals surface area contributed by atoms with Gasteiger partial charge in [0.25, 0.3) is 5.91 Å². The van der Waals surface area contributed by atoms with Crippen molar-refractivity contribution in [2.45, 2.75) is 64.1 Å². The maximum atomic E-state index is 13.1. The molecule has 0 radical (unpaired) electrons. The number of halogens is 1. The van der Waals surface area contributed by atoms with Crippen LogP contribution in [0, 0.1) is 0 Å². The van der Waals surface area contributed by atoms with Crippen LogP contribution in [-0.2, 0) is 6.54 Å². The largest absolute Gasteiger partial charge is 0.489 e. The zero-order valence-corrected chi connectivity index (χ0v) is 19.1. The molecule has 0 spiro atoms. The summed E-state index contributed by atoms with van der Waals surface area (Å²) in [6, 6.07) is 7.88. The summed E-state index contributed by atoms with van der Waals surface area (Å²) in [7, 11) is 0. The number of piperidine rings is 2. The summed E-state index contributed by atoms with van der Waals surface area (Å²) in [6.07, 6.45) is 10.3. The van der Waals surface area contributed by atoms with Gasteiger partial charge in [0.15, 0.2) is 0 Å². The van der Waals surface area contributed by atoms with Crippen molar-refractivity contribution >= 4 is 17.5 Å². The molecule has 0 N–H and O–H groups in total.